The summed E-state index contributed by atoms with van der Waals surface area (Å²) in [5.74, 6) is 3.06. The SMILES string of the molecule is CCCSc1cc(NCc2ccccc2)nc(SCCC)n1. The van der Waals surface area contributed by atoms with Crippen molar-refractivity contribution >= 4 is 29.3 Å². The van der Waals surface area contributed by atoms with Gasteiger partial charge in [0.1, 0.15) is 10.8 Å². The van der Waals surface area contributed by atoms with Crippen LogP contribution in [0.15, 0.2) is 46.6 Å². The Balaban J connectivity index is 2.06. The van der Waals surface area contributed by atoms with Gasteiger partial charge in [0.25, 0.3) is 0 Å². The summed E-state index contributed by atoms with van der Waals surface area (Å²) in [6.07, 6.45) is 2.28. The van der Waals surface area contributed by atoms with Crippen molar-refractivity contribution in [2.75, 3.05) is 16.8 Å². The van der Waals surface area contributed by atoms with Crippen molar-refractivity contribution in [3.05, 3.63) is 42.0 Å². The second-order valence-electron chi connectivity index (χ2n) is 4.91. The number of benzene rings is 1. The summed E-state index contributed by atoms with van der Waals surface area (Å²) in [5, 5.41) is 5.35. The van der Waals surface area contributed by atoms with Crippen molar-refractivity contribution in [1.29, 1.82) is 0 Å². The summed E-state index contributed by atoms with van der Waals surface area (Å²) < 4.78 is 0. The number of rotatable bonds is 9. The van der Waals surface area contributed by atoms with Gasteiger partial charge in [-0.1, -0.05) is 55.9 Å². The Kier molecular flexibility index (Phi) is 7.60. The van der Waals surface area contributed by atoms with Crippen LogP contribution in [-0.4, -0.2) is 21.5 Å². The second-order valence-corrected chi connectivity index (χ2v) is 7.09. The average molecular weight is 334 g/mol. The lowest BCUT2D eigenvalue weighted by Crippen LogP contribution is -2.03. The molecule has 0 aliphatic rings. The summed E-state index contributed by atoms with van der Waals surface area (Å²) in [7, 11) is 0. The lowest BCUT2D eigenvalue weighted by Gasteiger charge is -2.09. The highest BCUT2D eigenvalue weighted by molar-refractivity contribution is 7.99. The van der Waals surface area contributed by atoms with E-state index < -0.39 is 0 Å². The van der Waals surface area contributed by atoms with Crippen LogP contribution >= 0.6 is 23.5 Å². The first-order valence-electron chi connectivity index (χ1n) is 7.74. The zero-order valence-corrected chi connectivity index (χ0v) is 14.8. The number of nitrogens with one attached hydrogen (secondary N) is 1. The molecule has 0 saturated carbocycles. The molecular formula is C17H23N3S2. The number of hydrogen-bond donors (Lipinski definition) is 1. The van der Waals surface area contributed by atoms with Crippen LogP contribution in [0.3, 0.4) is 0 Å². The molecule has 0 radical (unpaired) electrons. The fraction of sp³-hybridized carbons (Fsp3) is 0.412. The van der Waals surface area contributed by atoms with E-state index in [1.54, 1.807) is 23.5 Å². The predicted molar refractivity (Wildman–Crippen MR) is 97.8 cm³/mol. The molecule has 0 amide bonds. The van der Waals surface area contributed by atoms with Crippen molar-refractivity contribution in [1.82, 2.24) is 9.97 Å². The standard InChI is InChI=1S/C17H23N3S2/c1-3-10-21-16-12-15(19-17(20-16)22-11-4-2)18-13-14-8-6-5-7-9-14/h5-9,12H,3-4,10-11,13H2,1-2H3,(H,18,19,20). The van der Waals surface area contributed by atoms with E-state index in [4.69, 9.17) is 0 Å². The van der Waals surface area contributed by atoms with E-state index in [2.05, 4.69) is 59.5 Å². The molecular weight excluding hydrogens is 310 g/mol. The predicted octanol–water partition coefficient (Wildman–Crippen LogP) is 5.09. The molecule has 118 valence electrons. The van der Waals surface area contributed by atoms with Crippen LogP contribution in [0, 0.1) is 0 Å². The van der Waals surface area contributed by atoms with Crippen LogP contribution in [-0.2, 0) is 6.54 Å². The molecule has 0 atom stereocenters. The van der Waals surface area contributed by atoms with Crippen molar-refractivity contribution in [3.63, 3.8) is 0 Å². The fourth-order valence-electron chi connectivity index (χ4n) is 1.82. The minimum Gasteiger partial charge on any atom is -0.366 e. The molecule has 0 fully saturated rings. The number of nitrogens with zero attached hydrogens (tertiary/aromatic N) is 2. The molecule has 1 N–H and O–H groups in total. The van der Waals surface area contributed by atoms with Crippen LogP contribution in [0.5, 0.6) is 0 Å². The fourth-order valence-corrected chi connectivity index (χ4v) is 3.35. The summed E-state index contributed by atoms with van der Waals surface area (Å²) >= 11 is 3.53. The summed E-state index contributed by atoms with van der Waals surface area (Å²) in [4.78, 5) is 9.26. The molecule has 1 aromatic heterocycles. The van der Waals surface area contributed by atoms with Gasteiger partial charge in [-0.05, 0) is 24.2 Å². The number of anilines is 1. The zero-order valence-electron chi connectivity index (χ0n) is 13.2. The average Bonchev–Trinajstić information content (AvgIpc) is 2.57. The molecule has 0 saturated heterocycles. The van der Waals surface area contributed by atoms with E-state index in [0.717, 1.165) is 46.9 Å². The Morgan fingerprint density at radius 3 is 2.41 bits per heavy atom. The number of aromatic nitrogens is 2. The van der Waals surface area contributed by atoms with Crippen LogP contribution in [0.1, 0.15) is 32.3 Å². The van der Waals surface area contributed by atoms with Crippen LogP contribution in [0.4, 0.5) is 5.82 Å². The molecule has 5 heteroatoms. The molecule has 0 aliphatic carbocycles. The van der Waals surface area contributed by atoms with Crippen LogP contribution in [0.2, 0.25) is 0 Å². The van der Waals surface area contributed by atoms with Crippen LogP contribution in [0.25, 0.3) is 0 Å². The Bertz CT molecular complexity index is 535. The topological polar surface area (TPSA) is 37.8 Å². The smallest absolute Gasteiger partial charge is 0.190 e. The van der Waals surface area contributed by atoms with E-state index in [1.165, 1.54) is 5.56 Å². The number of hydrogen-bond acceptors (Lipinski definition) is 5. The molecule has 1 aromatic carbocycles. The quantitative estimate of drug-likeness (QED) is 0.393. The molecule has 2 aromatic rings. The van der Waals surface area contributed by atoms with Gasteiger partial charge in [0.15, 0.2) is 5.16 Å². The molecule has 0 spiro atoms. The van der Waals surface area contributed by atoms with Crippen molar-refractivity contribution in [2.24, 2.45) is 0 Å². The first-order valence-corrected chi connectivity index (χ1v) is 9.71. The van der Waals surface area contributed by atoms with Crippen molar-refractivity contribution in [3.8, 4) is 0 Å². The zero-order chi connectivity index (χ0) is 15.6. The van der Waals surface area contributed by atoms with E-state index >= 15 is 0 Å². The summed E-state index contributed by atoms with van der Waals surface area (Å²) in [6, 6.07) is 12.4. The summed E-state index contributed by atoms with van der Waals surface area (Å²) in [5.41, 5.74) is 1.26. The third-order valence-electron chi connectivity index (χ3n) is 2.89. The first kappa shape index (κ1) is 17.2. The van der Waals surface area contributed by atoms with Gasteiger partial charge in [0.05, 0.1) is 0 Å². The molecule has 3 nitrogen and oxygen atoms in total. The molecule has 2 rings (SSSR count). The Labute approximate surface area is 141 Å². The largest absolute Gasteiger partial charge is 0.366 e. The molecule has 1 heterocycles. The lowest BCUT2D eigenvalue weighted by molar-refractivity contribution is 0.883. The molecule has 0 unspecified atom stereocenters. The van der Waals surface area contributed by atoms with Gasteiger partial charge in [0, 0.05) is 18.4 Å². The maximum absolute atomic E-state index is 4.64. The van der Waals surface area contributed by atoms with Gasteiger partial charge in [-0.25, -0.2) is 9.97 Å². The Morgan fingerprint density at radius 2 is 1.68 bits per heavy atom. The molecule has 22 heavy (non-hydrogen) atoms. The van der Waals surface area contributed by atoms with Gasteiger partial charge in [-0.15, -0.1) is 11.8 Å². The highest BCUT2D eigenvalue weighted by Crippen LogP contribution is 2.24. The first-order chi connectivity index (χ1) is 10.8. The third-order valence-corrected chi connectivity index (χ3v) is 5.06. The minimum absolute atomic E-state index is 0.785. The highest BCUT2D eigenvalue weighted by Gasteiger charge is 2.06. The summed E-state index contributed by atoms with van der Waals surface area (Å²) in [6.45, 7) is 5.15. The lowest BCUT2D eigenvalue weighted by atomic mass is 10.2. The van der Waals surface area contributed by atoms with Crippen molar-refractivity contribution in [2.45, 2.75) is 43.4 Å². The molecule has 0 aliphatic heterocycles. The Morgan fingerprint density at radius 1 is 0.955 bits per heavy atom. The van der Waals surface area contributed by atoms with Gasteiger partial charge in [-0.3, -0.25) is 0 Å². The second kappa shape index (κ2) is 9.74. The van der Waals surface area contributed by atoms with Crippen molar-refractivity contribution < 1.29 is 0 Å². The van der Waals surface area contributed by atoms with Gasteiger partial charge >= 0.3 is 0 Å². The Hall–Kier alpha value is -1.20. The van der Waals surface area contributed by atoms with Crippen LogP contribution < -0.4 is 5.32 Å². The molecule has 0 bridgehead atoms. The maximum Gasteiger partial charge on any atom is 0.190 e. The monoisotopic (exact) mass is 333 g/mol. The third kappa shape index (κ3) is 5.89. The maximum atomic E-state index is 4.64. The van der Waals surface area contributed by atoms with Gasteiger partial charge in [0.2, 0.25) is 0 Å². The minimum atomic E-state index is 0.785. The van der Waals surface area contributed by atoms with E-state index in [1.807, 2.05) is 6.07 Å². The normalized spacial score (nSPS) is 10.6. The van der Waals surface area contributed by atoms with Gasteiger partial charge < -0.3 is 5.32 Å². The van der Waals surface area contributed by atoms with Gasteiger partial charge in [-0.2, -0.15) is 0 Å². The van der Waals surface area contributed by atoms with E-state index in [9.17, 15) is 0 Å². The number of thioether (sulfide) groups is 2. The highest BCUT2D eigenvalue weighted by atomic mass is 32.2. The van der Waals surface area contributed by atoms with E-state index in [-0.39, 0.29) is 0 Å². The van der Waals surface area contributed by atoms with E-state index in [0.29, 0.717) is 0 Å².